The Labute approximate surface area is 155 Å². The summed E-state index contributed by atoms with van der Waals surface area (Å²) in [6.45, 7) is 3.63. The summed E-state index contributed by atoms with van der Waals surface area (Å²) in [6, 6.07) is 0. The van der Waals surface area contributed by atoms with Gasteiger partial charge in [0.1, 0.15) is 17.3 Å². The van der Waals surface area contributed by atoms with Crippen molar-refractivity contribution in [1.29, 1.82) is 0 Å². The molecule has 0 spiro atoms. The maximum atomic E-state index is 12.0. The average molecular weight is 377 g/mol. The number of nitrogens with one attached hydrogen (secondary N) is 2. The molecular weight excluding hydrogens is 354 g/mol. The molecule has 1 aliphatic heterocycles. The van der Waals surface area contributed by atoms with E-state index in [0.717, 1.165) is 0 Å². The summed E-state index contributed by atoms with van der Waals surface area (Å²) in [4.78, 5) is 42.3. The van der Waals surface area contributed by atoms with Crippen LogP contribution in [-0.4, -0.2) is 50.9 Å². The average Bonchev–Trinajstić information content (AvgIpc) is 3.23. The largest absolute Gasteiger partial charge is 0.459 e. The highest BCUT2D eigenvalue weighted by Crippen LogP contribution is 2.33. The van der Waals surface area contributed by atoms with Crippen LogP contribution in [0.1, 0.15) is 44.7 Å². The smallest absolute Gasteiger partial charge is 0.306 e. The van der Waals surface area contributed by atoms with Crippen LogP contribution >= 0.6 is 0 Å². The molecule has 0 bridgehead atoms. The van der Waals surface area contributed by atoms with Crippen LogP contribution in [0.15, 0.2) is 11.0 Å². The van der Waals surface area contributed by atoms with Gasteiger partial charge in [0.25, 0.3) is 5.56 Å². The van der Waals surface area contributed by atoms with E-state index < -0.39 is 18.3 Å². The maximum absolute atomic E-state index is 12.0. The summed E-state index contributed by atoms with van der Waals surface area (Å²) < 4.78 is 13.1. The van der Waals surface area contributed by atoms with Gasteiger partial charge in [-0.15, -0.1) is 0 Å². The molecule has 1 amide bonds. The lowest BCUT2D eigenvalue weighted by Crippen LogP contribution is -2.27. The lowest BCUT2D eigenvalue weighted by molar-refractivity contribution is -0.153. The van der Waals surface area contributed by atoms with E-state index in [2.05, 4.69) is 20.4 Å². The fraction of sp³-hybridized carbons (Fsp3) is 0.588. The summed E-state index contributed by atoms with van der Waals surface area (Å²) in [5.74, 6) is -0.173. The van der Waals surface area contributed by atoms with Crippen LogP contribution in [0.3, 0.4) is 0 Å². The number of aryl methyl sites for hydroxylation is 1. The molecule has 146 valence electrons. The van der Waals surface area contributed by atoms with E-state index in [1.165, 1.54) is 13.2 Å². The second kappa shape index (κ2) is 7.87. The number of nitrogens with zero attached hydrogens (tertiary/aromatic N) is 3. The molecule has 2 aromatic rings. The van der Waals surface area contributed by atoms with Crippen LogP contribution < -0.4 is 10.9 Å². The van der Waals surface area contributed by atoms with E-state index >= 15 is 0 Å². The molecule has 3 heterocycles. The third-order valence-corrected chi connectivity index (χ3v) is 4.56. The van der Waals surface area contributed by atoms with Crippen molar-refractivity contribution < 1.29 is 19.1 Å². The van der Waals surface area contributed by atoms with E-state index in [9.17, 15) is 14.4 Å². The second-order valence-corrected chi connectivity index (χ2v) is 6.45. The van der Waals surface area contributed by atoms with Gasteiger partial charge in [0, 0.05) is 19.9 Å². The van der Waals surface area contributed by atoms with E-state index in [0.29, 0.717) is 29.7 Å². The van der Waals surface area contributed by atoms with E-state index in [4.69, 9.17) is 9.47 Å². The van der Waals surface area contributed by atoms with E-state index in [-0.39, 0.29) is 30.4 Å². The Hall–Kier alpha value is -2.75. The van der Waals surface area contributed by atoms with Crippen molar-refractivity contribution in [2.75, 3.05) is 7.05 Å². The van der Waals surface area contributed by atoms with E-state index in [1.807, 2.05) is 6.92 Å². The zero-order valence-corrected chi connectivity index (χ0v) is 15.5. The van der Waals surface area contributed by atoms with Crippen molar-refractivity contribution in [2.45, 2.75) is 58.0 Å². The molecule has 1 unspecified atom stereocenters. The van der Waals surface area contributed by atoms with Crippen molar-refractivity contribution in [1.82, 2.24) is 25.1 Å². The molecule has 0 aromatic carbocycles. The third-order valence-electron chi connectivity index (χ3n) is 4.56. The lowest BCUT2D eigenvalue weighted by atomic mass is 10.1. The SMILES string of the molecule is CC[C@H]1O[C@@H](n2ncc3c(=O)[nH]c(C)nc32)CC1OC(=O)CCC(=O)NC. The fourth-order valence-electron chi connectivity index (χ4n) is 3.16. The Kier molecular flexibility index (Phi) is 5.54. The van der Waals surface area contributed by atoms with Crippen LogP contribution in [0, 0.1) is 6.92 Å². The van der Waals surface area contributed by atoms with Crippen LogP contribution in [0.4, 0.5) is 0 Å². The van der Waals surface area contributed by atoms with Crippen LogP contribution in [0.25, 0.3) is 11.0 Å². The monoisotopic (exact) mass is 377 g/mol. The summed E-state index contributed by atoms with van der Waals surface area (Å²) in [7, 11) is 1.52. The highest BCUT2D eigenvalue weighted by atomic mass is 16.6. The van der Waals surface area contributed by atoms with Gasteiger partial charge in [-0.25, -0.2) is 9.67 Å². The maximum Gasteiger partial charge on any atom is 0.306 e. The topological polar surface area (TPSA) is 128 Å². The summed E-state index contributed by atoms with van der Waals surface area (Å²) in [5.41, 5.74) is 0.175. The molecule has 0 saturated carbocycles. The Morgan fingerprint density at radius 1 is 1.44 bits per heavy atom. The Bertz CT molecular complexity index is 905. The number of ether oxygens (including phenoxy) is 2. The van der Waals surface area contributed by atoms with Gasteiger partial charge in [-0.3, -0.25) is 14.4 Å². The first kappa shape index (κ1) is 19.0. The predicted molar refractivity (Wildman–Crippen MR) is 94.9 cm³/mol. The number of fused-ring (bicyclic) bond motifs is 1. The molecular formula is C17H23N5O5. The van der Waals surface area contributed by atoms with Gasteiger partial charge >= 0.3 is 5.97 Å². The van der Waals surface area contributed by atoms with Crippen molar-refractivity contribution in [3.63, 3.8) is 0 Å². The number of carbonyl (C=O) groups excluding carboxylic acids is 2. The summed E-state index contributed by atoms with van der Waals surface area (Å²) in [5, 5.41) is 7.09. The quantitative estimate of drug-likeness (QED) is 0.704. The predicted octanol–water partition coefficient (Wildman–Crippen LogP) is 0.564. The molecule has 0 aliphatic carbocycles. The highest BCUT2D eigenvalue weighted by Gasteiger charge is 2.39. The molecule has 3 rings (SSSR count). The van der Waals surface area contributed by atoms with Gasteiger partial charge in [0.2, 0.25) is 5.91 Å². The molecule has 10 nitrogen and oxygen atoms in total. The molecule has 0 radical (unpaired) electrons. The minimum absolute atomic E-state index is 0.0120. The number of hydrogen-bond donors (Lipinski definition) is 2. The number of rotatable bonds is 6. The number of aromatic nitrogens is 4. The molecule has 2 aromatic heterocycles. The molecule has 1 saturated heterocycles. The first-order valence-electron chi connectivity index (χ1n) is 8.92. The van der Waals surface area contributed by atoms with Gasteiger partial charge in [-0.05, 0) is 13.3 Å². The zero-order valence-electron chi connectivity index (χ0n) is 15.5. The minimum atomic E-state index is -0.488. The molecule has 3 atom stereocenters. The van der Waals surface area contributed by atoms with Crippen molar-refractivity contribution >= 4 is 22.9 Å². The van der Waals surface area contributed by atoms with Gasteiger partial charge in [0.15, 0.2) is 11.9 Å². The highest BCUT2D eigenvalue weighted by molar-refractivity contribution is 5.81. The number of aromatic amines is 1. The third kappa shape index (κ3) is 4.00. The number of amides is 1. The summed E-state index contributed by atoms with van der Waals surface area (Å²) in [6.07, 6.45) is 1.37. The first-order valence-corrected chi connectivity index (χ1v) is 8.92. The molecule has 27 heavy (non-hydrogen) atoms. The molecule has 2 N–H and O–H groups in total. The minimum Gasteiger partial charge on any atom is -0.459 e. The number of carbonyl (C=O) groups is 2. The van der Waals surface area contributed by atoms with E-state index in [1.54, 1.807) is 11.6 Å². The molecule has 1 aliphatic rings. The second-order valence-electron chi connectivity index (χ2n) is 6.45. The van der Waals surface area contributed by atoms with Gasteiger partial charge in [0.05, 0.1) is 18.7 Å². The normalized spacial score (nSPS) is 22.1. The molecule has 10 heteroatoms. The van der Waals surface area contributed by atoms with Gasteiger partial charge in [-0.1, -0.05) is 6.92 Å². The Morgan fingerprint density at radius 2 is 2.22 bits per heavy atom. The van der Waals surface area contributed by atoms with Crippen molar-refractivity contribution in [3.8, 4) is 0 Å². The lowest BCUT2D eigenvalue weighted by Gasteiger charge is -2.17. The number of esters is 1. The first-order chi connectivity index (χ1) is 12.9. The number of hydrogen-bond acceptors (Lipinski definition) is 7. The van der Waals surface area contributed by atoms with Crippen LogP contribution in [-0.2, 0) is 19.1 Å². The van der Waals surface area contributed by atoms with Gasteiger partial charge in [-0.2, -0.15) is 5.10 Å². The Balaban J connectivity index is 1.74. The van der Waals surface area contributed by atoms with Crippen molar-refractivity contribution in [2.24, 2.45) is 0 Å². The summed E-state index contributed by atoms with van der Waals surface area (Å²) >= 11 is 0. The molecule has 1 fully saturated rings. The zero-order chi connectivity index (χ0) is 19.6. The fourth-order valence-corrected chi connectivity index (χ4v) is 3.16. The van der Waals surface area contributed by atoms with Crippen LogP contribution in [0.2, 0.25) is 0 Å². The van der Waals surface area contributed by atoms with Crippen LogP contribution in [0.5, 0.6) is 0 Å². The van der Waals surface area contributed by atoms with Crippen molar-refractivity contribution in [3.05, 3.63) is 22.4 Å². The Morgan fingerprint density at radius 3 is 2.93 bits per heavy atom. The standard InChI is InChI=1S/C17H23N5O5/c1-4-11-12(27-15(24)6-5-13(23)18-3)7-14(26-11)22-16-10(8-19-22)17(25)21-9(2)20-16/h8,11-12,14H,4-7H2,1-3H3,(H,18,23)(H,20,21,25)/t11-,12?,14-/m1/s1. The number of H-pyrrole nitrogens is 1. The van der Waals surface area contributed by atoms with Gasteiger partial charge < -0.3 is 19.8 Å².